The van der Waals surface area contributed by atoms with Gasteiger partial charge in [0.25, 0.3) is 0 Å². The van der Waals surface area contributed by atoms with Gasteiger partial charge in [-0.25, -0.2) is 4.98 Å². The highest BCUT2D eigenvalue weighted by Crippen LogP contribution is 2.30. The van der Waals surface area contributed by atoms with E-state index in [2.05, 4.69) is 35.4 Å². The predicted octanol–water partition coefficient (Wildman–Crippen LogP) is 4.21. The Morgan fingerprint density at radius 2 is 2.29 bits per heavy atom. The Bertz CT molecular complexity index is 514. The number of aryl methyl sites for hydroxylation is 1. The molecule has 1 saturated carbocycles. The van der Waals surface area contributed by atoms with Crippen LogP contribution >= 0.6 is 11.3 Å². The van der Waals surface area contributed by atoms with E-state index in [9.17, 15) is 0 Å². The lowest BCUT2D eigenvalue weighted by atomic mass is 9.83. The van der Waals surface area contributed by atoms with Gasteiger partial charge in [0.15, 0.2) is 5.13 Å². The van der Waals surface area contributed by atoms with E-state index in [4.69, 9.17) is 0 Å². The average molecular weight is 246 g/mol. The lowest BCUT2D eigenvalue weighted by Gasteiger charge is -2.24. The molecule has 3 heteroatoms. The Labute approximate surface area is 106 Å². The van der Waals surface area contributed by atoms with Gasteiger partial charge < -0.3 is 5.32 Å². The zero-order chi connectivity index (χ0) is 11.7. The molecule has 1 aromatic heterocycles. The number of anilines is 1. The molecule has 17 heavy (non-hydrogen) atoms. The van der Waals surface area contributed by atoms with Crippen LogP contribution in [0.5, 0.6) is 0 Å². The van der Waals surface area contributed by atoms with Crippen LogP contribution in [0.1, 0.15) is 31.2 Å². The van der Waals surface area contributed by atoms with E-state index >= 15 is 0 Å². The Morgan fingerprint density at radius 1 is 1.41 bits per heavy atom. The van der Waals surface area contributed by atoms with E-state index in [0.29, 0.717) is 0 Å². The smallest absolute Gasteiger partial charge is 0.183 e. The summed E-state index contributed by atoms with van der Waals surface area (Å²) in [4.78, 5) is 4.62. The Balaban J connectivity index is 1.64. The number of hydrogen-bond acceptors (Lipinski definition) is 3. The molecular weight excluding hydrogens is 228 g/mol. The van der Waals surface area contributed by atoms with Crippen LogP contribution in [0.2, 0.25) is 0 Å². The highest BCUT2D eigenvalue weighted by atomic mass is 32.1. The Kier molecular flexibility index (Phi) is 3.02. The van der Waals surface area contributed by atoms with Crippen LogP contribution in [0.15, 0.2) is 18.2 Å². The van der Waals surface area contributed by atoms with Crippen molar-refractivity contribution >= 4 is 26.7 Å². The predicted molar refractivity (Wildman–Crippen MR) is 74.8 cm³/mol. The zero-order valence-corrected chi connectivity index (χ0v) is 11.0. The van der Waals surface area contributed by atoms with Crippen LogP contribution < -0.4 is 5.32 Å². The first-order chi connectivity index (χ1) is 8.31. The van der Waals surface area contributed by atoms with E-state index in [1.165, 1.54) is 35.9 Å². The monoisotopic (exact) mass is 246 g/mol. The molecule has 1 N–H and O–H groups in total. The first kappa shape index (κ1) is 11.0. The molecule has 3 rings (SSSR count). The van der Waals surface area contributed by atoms with Crippen molar-refractivity contribution in [2.75, 3.05) is 11.9 Å². The van der Waals surface area contributed by atoms with Gasteiger partial charge in [-0.3, -0.25) is 0 Å². The number of rotatable bonds is 4. The van der Waals surface area contributed by atoms with Crippen molar-refractivity contribution in [3.05, 3.63) is 23.8 Å². The number of aromatic nitrogens is 1. The molecule has 0 radical (unpaired) electrons. The van der Waals surface area contributed by atoms with Crippen LogP contribution in [0.3, 0.4) is 0 Å². The molecular formula is C14H18N2S. The Hall–Kier alpha value is -1.09. The molecule has 2 nitrogen and oxygen atoms in total. The topological polar surface area (TPSA) is 24.9 Å². The number of benzene rings is 1. The number of fused-ring (bicyclic) bond motifs is 1. The summed E-state index contributed by atoms with van der Waals surface area (Å²) in [6.45, 7) is 3.19. The number of nitrogens with one attached hydrogen (secondary N) is 1. The molecule has 2 aromatic rings. The second-order valence-corrected chi connectivity index (χ2v) is 6.03. The molecule has 1 aliphatic rings. The molecule has 0 unspecified atom stereocenters. The molecule has 0 spiro atoms. The van der Waals surface area contributed by atoms with E-state index in [0.717, 1.165) is 23.1 Å². The summed E-state index contributed by atoms with van der Waals surface area (Å²) in [5.74, 6) is 0.971. The fraction of sp³-hybridized carbons (Fsp3) is 0.500. The summed E-state index contributed by atoms with van der Waals surface area (Å²) in [5, 5.41) is 4.53. The van der Waals surface area contributed by atoms with Crippen LogP contribution in [-0.4, -0.2) is 11.5 Å². The second kappa shape index (κ2) is 4.65. The maximum Gasteiger partial charge on any atom is 0.183 e. The van der Waals surface area contributed by atoms with Crippen LogP contribution in [-0.2, 0) is 0 Å². The fourth-order valence-electron chi connectivity index (χ4n) is 2.28. The minimum absolute atomic E-state index is 0.971. The molecule has 90 valence electrons. The van der Waals surface area contributed by atoms with Crippen molar-refractivity contribution in [1.82, 2.24) is 4.98 Å². The second-order valence-electron chi connectivity index (χ2n) is 5.00. The average Bonchev–Trinajstić information content (AvgIpc) is 2.63. The van der Waals surface area contributed by atoms with Gasteiger partial charge in [-0.15, -0.1) is 0 Å². The Morgan fingerprint density at radius 3 is 3.06 bits per heavy atom. The number of nitrogens with zero attached hydrogens (tertiary/aromatic N) is 1. The highest BCUT2D eigenvalue weighted by Gasteiger charge is 2.16. The van der Waals surface area contributed by atoms with Crippen LogP contribution in [0.25, 0.3) is 10.2 Å². The third-order valence-corrected chi connectivity index (χ3v) is 4.59. The van der Waals surface area contributed by atoms with Crippen molar-refractivity contribution in [2.24, 2.45) is 5.92 Å². The summed E-state index contributed by atoms with van der Waals surface area (Å²) < 4.78 is 1.28. The normalized spacial score (nSPS) is 16.1. The van der Waals surface area contributed by atoms with Crippen LogP contribution in [0.4, 0.5) is 5.13 Å². The molecule has 1 fully saturated rings. The summed E-state index contributed by atoms with van der Waals surface area (Å²) in [5.41, 5.74) is 2.41. The molecule has 1 aliphatic carbocycles. The summed E-state index contributed by atoms with van der Waals surface area (Å²) in [7, 11) is 0. The van der Waals surface area contributed by atoms with E-state index in [1.807, 2.05) is 0 Å². The maximum atomic E-state index is 4.62. The summed E-state index contributed by atoms with van der Waals surface area (Å²) in [6.07, 6.45) is 5.60. The maximum absolute atomic E-state index is 4.62. The molecule has 0 saturated heterocycles. The van der Waals surface area contributed by atoms with Gasteiger partial charge >= 0.3 is 0 Å². The first-order valence-corrected chi connectivity index (χ1v) is 7.24. The largest absolute Gasteiger partial charge is 0.361 e. The molecule has 0 atom stereocenters. The van der Waals surface area contributed by atoms with Gasteiger partial charge in [0.1, 0.15) is 0 Å². The van der Waals surface area contributed by atoms with Crippen molar-refractivity contribution in [3.63, 3.8) is 0 Å². The van der Waals surface area contributed by atoms with E-state index < -0.39 is 0 Å². The molecule has 0 bridgehead atoms. The molecule has 0 amide bonds. The van der Waals surface area contributed by atoms with Crippen molar-refractivity contribution in [3.8, 4) is 0 Å². The van der Waals surface area contributed by atoms with Crippen molar-refractivity contribution in [1.29, 1.82) is 0 Å². The summed E-state index contributed by atoms with van der Waals surface area (Å²) >= 11 is 1.76. The number of thiazole rings is 1. The van der Waals surface area contributed by atoms with Gasteiger partial charge in [-0.2, -0.15) is 0 Å². The standard InChI is InChI=1S/C14H18N2S/c1-10-5-6-13-12(9-10)16-14(17-13)15-8-7-11-3-2-4-11/h5-6,9,11H,2-4,7-8H2,1H3,(H,15,16). The lowest BCUT2D eigenvalue weighted by molar-refractivity contribution is 0.303. The zero-order valence-electron chi connectivity index (χ0n) is 10.2. The van der Waals surface area contributed by atoms with Gasteiger partial charge in [0.2, 0.25) is 0 Å². The van der Waals surface area contributed by atoms with Crippen molar-refractivity contribution < 1.29 is 0 Å². The van der Waals surface area contributed by atoms with Gasteiger partial charge in [0.05, 0.1) is 10.2 Å². The molecule has 0 aliphatic heterocycles. The highest BCUT2D eigenvalue weighted by molar-refractivity contribution is 7.22. The quantitative estimate of drug-likeness (QED) is 0.874. The minimum atomic E-state index is 0.971. The fourth-order valence-corrected chi connectivity index (χ4v) is 3.15. The lowest BCUT2D eigenvalue weighted by Crippen LogP contribution is -2.15. The summed E-state index contributed by atoms with van der Waals surface area (Å²) in [6, 6.07) is 6.47. The SMILES string of the molecule is Cc1ccc2sc(NCCC3CCC3)nc2c1. The van der Waals surface area contributed by atoms with E-state index in [-0.39, 0.29) is 0 Å². The molecule has 1 heterocycles. The number of hydrogen-bond donors (Lipinski definition) is 1. The van der Waals surface area contributed by atoms with Gasteiger partial charge in [-0.05, 0) is 37.0 Å². The third kappa shape index (κ3) is 2.44. The van der Waals surface area contributed by atoms with Crippen LogP contribution in [0, 0.1) is 12.8 Å². The third-order valence-electron chi connectivity index (χ3n) is 3.60. The van der Waals surface area contributed by atoms with Gasteiger partial charge in [-0.1, -0.05) is 36.7 Å². The molecule has 1 aromatic carbocycles. The minimum Gasteiger partial charge on any atom is -0.361 e. The van der Waals surface area contributed by atoms with Crippen molar-refractivity contribution in [2.45, 2.75) is 32.6 Å². The van der Waals surface area contributed by atoms with E-state index in [1.54, 1.807) is 11.3 Å². The first-order valence-electron chi connectivity index (χ1n) is 6.42. The van der Waals surface area contributed by atoms with Gasteiger partial charge in [0, 0.05) is 6.54 Å².